The lowest BCUT2D eigenvalue weighted by Crippen LogP contribution is -2.57. The summed E-state index contributed by atoms with van der Waals surface area (Å²) in [6.45, 7) is 22.0. The highest BCUT2D eigenvalue weighted by atomic mass is 28.5. The third kappa shape index (κ3) is 15.7. The van der Waals surface area contributed by atoms with E-state index in [2.05, 4.69) is 46.2 Å². The van der Waals surface area contributed by atoms with E-state index in [4.69, 9.17) is 16.8 Å². The zero-order valence-corrected chi connectivity index (χ0v) is 23.9. The average Bonchev–Trinajstić information content (AvgIpc) is 2.51. The molecule has 0 radical (unpaired) electrons. The monoisotopic (exact) mass is 440 g/mol. The Hall–Kier alpha value is 0.708. The van der Waals surface area contributed by atoms with Crippen molar-refractivity contribution in [3.8, 4) is 0 Å². The molecule has 0 amide bonds. The molecule has 0 saturated carbocycles. The van der Waals surface area contributed by atoms with Crippen LogP contribution in [0.5, 0.6) is 0 Å². The van der Waals surface area contributed by atoms with Gasteiger partial charge < -0.3 is 16.8 Å². The Morgan fingerprint density at radius 1 is 0.769 bits per heavy atom. The molecule has 0 rings (SSSR count). The van der Waals surface area contributed by atoms with Crippen LogP contribution in [0.15, 0.2) is 0 Å². The molecule has 0 aliphatic rings. The van der Waals surface area contributed by atoms with Gasteiger partial charge in [-0.25, -0.2) is 0 Å². The molecule has 0 fully saturated rings. The first-order valence-corrected chi connectivity index (χ1v) is 20.9. The lowest BCUT2D eigenvalue weighted by atomic mass is 10.1. The van der Waals surface area contributed by atoms with Crippen LogP contribution in [-0.4, -0.2) is 42.1 Å². The van der Waals surface area contributed by atoms with Crippen molar-refractivity contribution in [2.24, 2.45) is 0 Å². The average molecular weight is 441 g/mol. The number of rotatable bonds is 15. The van der Waals surface area contributed by atoms with Crippen molar-refractivity contribution in [3.05, 3.63) is 0 Å². The van der Waals surface area contributed by atoms with E-state index in [1.807, 2.05) is 20.8 Å². The maximum Gasteiger partial charge on any atom is 0.478 e. The fraction of sp³-hybridized carbons (Fsp3) is 1.00. The molecule has 0 aromatic heterocycles. The van der Waals surface area contributed by atoms with E-state index in [0.717, 1.165) is 6.04 Å². The van der Waals surface area contributed by atoms with Gasteiger partial charge in [0, 0.05) is 13.2 Å². The molecule has 0 saturated heterocycles. The van der Waals surface area contributed by atoms with Crippen molar-refractivity contribution >= 4 is 35.4 Å². The zero-order valence-electron chi connectivity index (χ0n) is 19.5. The minimum Gasteiger partial charge on any atom is -0.442 e. The minimum atomic E-state index is -2.62. The van der Waals surface area contributed by atoms with Crippen molar-refractivity contribution in [2.75, 3.05) is 6.61 Å². The Labute approximate surface area is 170 Å². The molecule has 0 heterocycles. The molecule has 26 heavy (non-hydrogen) atoms. The summed E-state index contributed by atoms with van der Waals surface area (Å²) in [4.78, 5) is 0. The van der Waals surface area contributed by atoms with Crippen LogP contribution in [-0.2, 0) is 16.8 Å². The first kappa shape index (κ1) is 28.9. The van der Waals surface area contributed by atoms with Gasteiger partial charge in [-0.2, -0.15) is 0 Å². The van der Waals surface area contributed by atoms with Gasteiger partial charge >= 0.3 is 17.4 Å². The van der Waals surface area contributed by atoms with E-state index in [1.165, 1.54) is 38.5 Å². The molecule has 2 atom stereocenters. The largest absolute Gasteiger partial charge is 0.478 e. The van der Waals surface area contributed by atoms with Crippen LogP contribution in [0, 0.1) is 0 Å². The molecule has 0 spiro atoms. The normalized spacial score (nSPS) is 16.8. The van der Waals surface area contributed by atoms with Crippen LogP contribution >= 0.6 is 0 Å². The minimum absolute atomic E-state index is 0.503. The summed E-state index contributed by atoms with van der Waals surface area (Å²) in [6, 6.07) is 1.06. The van der Waals surface area contributed by atoms with Crippen LogP contribution in [0.4, 0.5) is 0 Å². The van der Waals surface area contributed by atoms with Gasteiger partial charge in [0.2, 0.25) is 0 Å². The quantitative estimate of drug-likeness (QED) is 0.229. The lowest BCUT2D eigenvalue weighted by molar-refractivity contribution is 0.163. The van der Waals surface area contributed by atoms with Crippen LogP contribution in [0.25, 0.3) is 0 Å². The third-order valence-electron chi connectivity index (χ3n) is 3.73. The van der Waals surface area contributed by atoms with E-state index >= 15 is 0 Å². The Bertz CT molecular complexity index is 329. The molecule has 0 aromatic carbocycles. The van der Waals surface area contributed by atoms with E-state index in [9.17, 15) is 0 Å². The molecule has 160 valence electrons. The smallest absolute Gasteiger partial charge is 0.442 e. The second-order valence-corrected chi connectivity index (χ2v) is 20.1. The van der Waals surface area contributed by atoms with E-state index in [0.29, 0.717) is 6.61 Å². The van der Waals surface area contributed by atoms with Crippen molar-refractivity contribution in [1.29, 1.82) is 0 Å². The lowest BCUT2D eigenvalue weighted by Gasteiger charge is -2.39. The Balaban J connectivity index is 0. The Morgan fingerprint density at radius 3 is 1.77 bits per heavy atom. The molecule has 4 nitrogen and oxygen atoms in total. The molecule has 2 unspecified atom stereocenters. The Kier molecular flexibility index (Phi) is 17.4. The van der Waals surface area contributed by atoms with Gasteiger partial charge in [0.25, 0.3) is 0 Å². The molecule has 8 heteroatoms. The molecule has 0 aromatic rings. The summed E-state index contributed by atoms with van der Waals surface area (Å²) in [5.74, 6) is 0. The SMILES string of the molecule is CC.CCCCCCCC[Si](C)(O[SiH2]C)O[Si](C)(OCC)O[Si](C)(C)C. The molecule has 0 bridgehead atoms. The zero-order chi connectivity index (χ0) is 20.7. The van der Waals surface area contributed by atoms with Gasteiger partial charge in [-0.15, -0.1) is 0 Å². The second kappa shape index (κ2) is 15.6. The van der Waals surface area contributed by atoms with Crippen LogP contribution in [0.2, 0.25) is 45.3 Å². The molecule has 0 aliphatic heterocycles. The van der Waals surface area contributed by atoms with Gasteiger partial charge in [0.15, 0.2) is 8.32 Å². The fourth-order valence-electron chi connectivity index (χ4n) is 2.97. The van der Waals surface area contributed by atoms with Crippen LogP contribution in [0.1, 0.15) is 66.2 Å². The summed E-state index contributed by atoms with van der Waals surface area (Å²) in [5.41, 5.74) is 0. The van der Waals surface area contributed by atoms with Crippen molar-refractivity contribution in [1.82, 2.24) is 0 Å². The third-order valence-corrected chi connectivity index (χ3v) is 16.5. The summed E-state index contributed by atoms with van der Waals surface area (Å²) in [6.07, 6.45) is 7.80. The summed E-state index contributed by atoms with van der Waals surface area (Å²) in [5, 5.41) is 0. The topological polar surface area (TPSA) is 36.9 Å². The maximum atomic E-state index is 6.59. The number of unbranched alkanes of at least 4 members (excludes halogenated alkanes) is 5. The first-order chi connectivity index (χ1) is 12.1. The highest BCUT2D eigenvalue weighted by Crippen LogP contribution is 2.26. The first-order valence-electron chi connectivity index (χ1n) is 10.8. The van der Waals surface area contributed by atoms with Gasteiger partial charge in [0.1, 0.15) is 9.76 Å². The van der Waals surface area contributed by atoms with Gasteiger partial charge in [-0.1, -0.05) is 65.8 Å². The second-order valence-electron chi connectivity index (χ2n) is 7.70. The van der Waals surface area contributed by atoms with Gasteiger partial charge in [-0.05, 0) is 39.2 Å². The van der Waals surface area contributed by atoms with Crippen molar-refractivity contribution in [3.63, 3.8) is 0 Å². The highest BCUT2D eigenvalue weighted by Gasteiger charge is 2.46. The van der Waals surface area contributed by atoms with Crippen LogP contribution < -0.4 is 0 Å². The van der Waals surface area contributed by atoms with Crippen LogP contribution in [0.3, 0.4) is 0 Å². The predicted octanol–water partition coefficient (Wildman–Crippen LogP) is 6.07. The maximum absolute atomic E-state index is 6.59. The van der Waals surface area contributed by atoms with E-state index in [1.54, 1.807) is 0 Å². The van der Waals surface area contributed by atoms with E-state index in [-0.39, 0.29) is 0 Å². The number of hydrogen-bond donors (Lipinski definition) is 0. The summed E-state index contributed by atoms with van der Waals surface area (Å²) in [7, 11) is -7.03. The highest BCUT2D eigenvalue weighted by molar-refractivity contribution is 6.85. The molecule has 0 aliphatic carbocycles. The number of hydrogen-bond acceptors (Lipinski definition) is 4. The van der Waals surface area contributed by atoms with Gasteiger partial charge in [0.05, 0.1) is 0 Å². The predicted molar refractivity (Wildman–Crippen MR) is 125 cm³/mol. The van der Waals surface area contributed by atoms with E-state index < -0.39 is 35.4 Å². The standard InChI is InChI=1S/C16H42O4Si4.C2H6/c1-9-11-12-13-14-15-16-23(7,18-21-3)20-24(8,17-10-2)19-22(4,5)6;1-2/h9-16,21H2,1-8H3;1-2H3. The molecule has 0 N–H and O–H groups in total. The molecular weight excluding hydrogens is 393 g/mol. The van der Waals surface area contributed by atoms with Crippen molar-refractivity contribution in [2.45, 2.75) is 112 Å². The van der Waals surface area contributed by atoms with Gasteiger partial charge in [-0.3, -0.25) is 0 Å². The summed E-state index contributed by atoms with van der Waals surface area (Å²) >= 11 is 0. The van der Waals surface area contributed by atoms with Crippen molar-refractivity contribution < 1.29 is 16.8 Å². The fourth-order valence-corrected chi connectivity index (χ4v) is 17.2. The molecular formula is C18H48O4Si4. The summed E-state index contributed by atoms with van der Waals surface area (Å²) < 4.78 is 25.2. The Morgan fingerprint density at radius 2 is 1.31 bits per heavy atom.